The molecule has 0 amide bonds. The highest BCUT2D eigenvalue weighted by atomic mass is 127. The zero-order valence-corrected chi connectivity index (χ0v) is 18.2. The zero-order valence-electron chi connectivity index (χ0n) is 15.9. The third kappa shape index (κ3) is 9.83. The number of hydrogen-bond acceptors (Lipinski definition) is 3. The fourth-order valence-corrected chi connectivity index (χ4v) is 3.15. The van der Waals surface area contributed by atoms with Gasteiger partial charge >= 0.3 is 6.18 Å². The number of aliphatic imine (C=N–C) groups is 1. The van der Waals surface area contributed by atoms with Gasteiger partial charge < -0.3 is 10.6 Å². The summed E-state index contributed by atoms with van der Waals surface area (Å²) in [7, 11) is 1.68. The summed E-state index contributed by atoms with van der Waals surface area (Å²) in [6.07, 6.45) is -3.44. The minimum atomic E-state index is -4.13. The maximum atomic E-state index is 12.4. The number of nitrogens with one attached hydrogen (secondary N) is 2. The fourth-order valence-electron chi connectivity index (χ4n) is 3.15. The predicted molar refractivity (Wildman–Crippen MR) is 108 cm³/mol. The van der Waals surface area contributed by atoms with Gasteiger partial charge in [0.25, 0.3) is 0 Å². The Kier molecular flexibility index (Phi) is 11.3. The average Bonchev–Trinajstić information content (AvgIpc) is 2.86. The third-order valence-corrected chi connectivity index (χ3v) is 4.23. The van der Waals surface area contributed by atoms with Crippen LogP contribution in [0.4, 0.5) is 13.2 Å². The van der Waals surface area contributed by atoms with Gasteiger partial charge in [-0.15, -0.1) is 24.0 Å². The number of alkyl halides is 3. The molecule has 9 heteroatoms. The first kappa shape index (κ1) is 24.7. The predicted octanol–water partition coefficient (Wildman–Crippen LogP) is 2.52. The first-order valence-corrected chi connectivity index (χ1v) is 8.64. The lowest BCUT2D eigenvalue weighted by Gasteiger charge is -2.30. The molecule has 1 aliphatic rings. The number of hydrogen-bond donors (Lipinski definition) is 2. The molecule has 0 aliphatic carbocycles. The van der Waals surface area contributed by atoms with Crippen molar-refractivity contribution in [2.75, 3.05) is 39.8 Å². The van der Waals surface area contributed by atoms with Gasteiger partial charge in [-0.25, -0.2) is 0 Å². The van der Waals surface area contributed by atoms with Crippen molar-refractivity contribution in [1.29, 1.82) is 0 Å². The highest BCUT2D eigenvalue weighted by Gasteiger charge is 2.34. The number of likely N-dealkylation sites (tertiary alicyclic amines) is 1. The monoisotopic (exact) mass is 479 g/mol. The minimum Gasteiger partial charge on any atom is -0.355 e. The molecule has 1 unspecified atom stereocenters. The molecule has 2 N–H and O–H groups in total. The molecule has 5 nitrogen and oxygen atoms in total. The normalized spacial score (nSPS) is 19.6. The van der Waals surface area contributed by atoms with E-state index in [9.17, 15) is 13.2 Å². The van der Waals surface area contributed by atoms with Crippen LogP contribution in [0.15, 0.2) is 4.99 Å². The van der Waals surface area contributed by atoms with E-state index in [0.29, 0.717) is 37.6 Å². The maximum Gasteiger partial charge on any atom is 0.401 e. The quantitative estimate of drug-likeness (QED) is 0.335. The van der Waals surface area contributed by atoms with Crippen LogP contribution in [0.1, 0.15) is 34.1 Å². The van der Waals surface area contributed by atoms with Crippen molar-refractivity contribution in [3.05, 3.63) is 0 Å². The molecule has 1 atom stereocenters. The fraction of sp³-hybridized carbons (Fsp3) is 0.938. The van der Waals surface area contributed by atoms with E-state index in [2.05, 4.69) is 48.2 Å². The van der Waals surface area contributed by atoms with E-state index in [1.165, 1.54) is 4.90 Å². The van der Waals surface area contributed by atoms with Crippen LogP contribution in [0, 0.1) is 0 Å². The summed E-state index contributed by atoms with van der Waals surface area (Å²) in [6, 6.07) is 0.935. The largest absolute Gasteiger partial charge is 0.401 e. The molecule has 0 aromatic heterocycles. The molecular weight excluding hydrogens is 446 g/mol. The lowest BCUT2D eigenvalue weighted by Crippen LogP contribution is -2.48. The highest BCUT2D eigenvalue weighted by molar-refractivity contribution is 14.0. The van der Waals surface area contributed by atoms with Crippen molar-refractivity contribution < 1.29 is 13.2 Å². The number of guanidine groups is 1. The van der Waals surface area contributed by atoms with E-state index in [0.717, 1.165) is 13.1 Å². The SMILES string of the molecule is CN=C(NCCN(C(C)C)C(C)C)NC1CCN(CC(F)(F)F)C1.I. The molecule has 1 heterocycles. The Labute approximate surface area is 166 Å². The lowest BCUT2D eigenvalue weighted by atomic mass is 10.2. The second kappa shape index (κ2) is 11.4. The summed E-state index contributed by atoms with van der Waals surface area (Å²) in [5.41, 5.74) is 0. The van der Waals surface area contributed by atoms with Crippen molar-refractivity contribution in [2.45, 2.75) is 58.4 Å². The van der Waals surface area contributed by atoms with Gasteiger partial charge in [0, 0.05) is 51.4 Å². The molecule has 1 fully saturated rings. The van der Waals surface area contributed by atoms with E-state index in [4.69, 9.17) is 0 Å². The Bertz CT molecular complexity index is 394. The topological polar surface area (TPSA) is 42.9 Å². The molecule has 0 spiro atoms. The van der Waals surface area contributed by atoms with Gasteiger partial charge in [0.2, 0.25) is 0 Å². The van der Waals surface area contributed by atoms with Gasteiger partial charge in [0.05, 0.1) is 6.54 Å². The summed E-state index contributed by atoms with van der Waals surface area (Å²) >= 11 is 0. The van der Waals surface area contributed by atoms with Gasteiger partial charge in [-0.05, 0) is 34.1 Å². The van der Waals surface area contributed by atoms with Gasteiger partial charge in [-0.2, -0.15) is 13.2 Å². The molecule has 150 valence electrons. The van der Waals surface area contributed by atoms with Crippen LogP contribution in [0.2, 0.25) is 0 Å². The maximum absolute atomic E-state index is 12.4. The molecule has 25 heavy (non-hydrogen) atoms. The molecule has 0 bridgehead atoms. The molecule has 0 radical (unpaired) electrons. The van der Waals surface area contributed by atoms with Gasteiger partial charge in [-0.3, -0.25) is 14.8 Å². The summed E-state index contributed by atoms with van der Waals surface area (Å²) in [4.78, 5) is 7.98. The van der Waals surface area contributed by atoms with Gasteiger partial charge in [-0.1, -0.05) is 0 Å². The average molecular weight is 479 g/mol. The van der Waals surface area contributed by atoms with Crippen LogP contribution in [0.3, 0.4) is 0 Å². The number of nitrogens with zero attached hydrogens (tertiary/aromatic N) is 3. The summed E-state index contributed by atoms with van der Waals surface area (Å²) in [5, 5.41) is 6.48. The van der Waals surface area contributed by atoms with Crippen molar-refractivity contribution in [1.82, 2.24) is 20.4 Å². The molecular formula is C16H33F3IN5. The van der Waals surface area contributed by atoms with E-state index in [1.54, 1.807) is 7.05 Å². The van der Waals surface area contributed by atoms with Crippen LogP contribution in [-0.4, -0.2) is 79.8 Å². The summed E-state index contributed by atoms with van der Waals surface area (Å²) in [6.45, 7) is 10.3. The van der Waals surface area contributed by atoms with Crippen molar-refractivity contribution in [3.63, 3.8) is 0 Å². The van der Waals surface area contributed by atoms with Crippen LogP contribution in [0.5, 0.6) is 0 Å². The minimum absolute atomic E-state index is 0. The van der Waals surface area contributed by atoms with Crippen LogP contribution < -0.4 is 10.6 Å². The molecule has 1 rings (SSSR count). The highest BCUT2D eigenvalue weighted by Crippen LogP contribution is 2.19. The third-order valence-electron chi connectivity index (χ3n) is 4.23. The second-order valence-corrected chi connectivity index (χ2v) is 6.90. The van der Waals surface area contributed by atoms with Gasteiger partial charge in [0.15, 0.2) is 5.96 Å². The number of halogens is 4. The Morgan fingerprint density at radius 3 is 2.32 bits per heavy atom. The number of rotatable bonds is 7. The Morgan fingerprint density at radius 2 is 1.84 bits per heavy atom. The molecule has 0 aromatic rings. The van der Waals surface area contributed by atoms with Crippen LogP contribution >= 0.6 is 24.0 Å². The van der Waals surface area contributed by atoms with Crippen LogP contribution in [-0.2, 0) is 0 Å². The molecule has 0 saturated carbocycles. The summed E-state index contributed by atoms with van der Waals surface area (Å²) < 4.78 is 37.3. The second-order valence-electron chi connectivity index (χ2n) is 6.90. The lowest BCUT2D eigenvalue weighted by molar-refractivity contribution is -0.143. The molecule has 0 aromatic carbocycles. The molecule has 1 aliphatic heterocycles. The Balaban J connectivity index is 0.00000576. The van der Waals surface area contributed by atoms with Crippen molar-refractivity contribution in [3.8, 4) is 0 Å². The van der Waals surface area contributed by atoms with E-state index in [1.807, 2.05) is 0 Å². The smallest absolute Gasteiger partial charge is 0.355 e. The molecule has 1 saturated heterocycles. The standard InChI is InChI=1S/C16H32F3N5.HI/c1-12(2)24(13(3)4)9-7-21-15(20-5)22-14-6-8-23(10-14)11-16(17,18)19;/h12-14H,6-11H2,1-5H3,(H2,20,21,22);1H. The first-order chi connectivity index (χ1) is 11.1. The van der Waals surface area contributed by atoms with Crippen LogP contribution in [0.25, 0.3) is 0 Å². The Morgan fingerprint density at radius 1 is 1.24 bits per heavy atom. The van der Waals surface area contributed by atoms with E-state index >= 15 is 0 Å². The zero-order chi connectivity index (χ0) is 18.3. The first-order valence-electron chi connectivity index (χ1n) is 8.64. The van der Waals surface area contributed by atoms with Crippen molar-refractivity contribution >= 4 is 29.9 Å². The Hall–Kier alpha value is -0.290. The van der Waals surface area contributed by atoms with E-state index in [-0.39, 0.29) is 30.0 Å². The van der Waals surface area contributed by atoms with E-state index < -0.39 is 12.7 Å². The van der Waals surface area contributed by atoms with Gasteiger partial charge in [0.1, 0.15) is 0 Å². The van der Waals surface area contributed by atoms with Crippen molar-refractivity contribution in [2.24, 2.45) is 4.99 Å². The summed E-state index contributed by atoms with van der Waals surface area (Å²) in [5.74, 6) is 0.654.